The first-order valence-electron chi connectivity index (χ1n) is 8.04. The van der Waals surface area contributed by atoms with Crippen LogP contribution in [0.5, 0.6) is 0 Å². The number of primary amides is 1. The molecule has 26 heavy (non-hydrogen) atoms. The summed E-state index contributed by atoms with van der Waals surface area (Å²) in [5.41, 5.74) is 7.31. The van der Waals surface area contributed by atoms with E-state index in [9.17, 15) is 9.59 Å². The van der Waals surface area contributed by atoms with Gasteiger partial charge in [-0.25, -0.2) is 0 Å². The number of carbonyl (C=O) groups excluding carboxylic acids is 2. The second-order valence-electron chi connectivity index (χ2n) is 6.17. The number of carbonyl (C=O) groups is 2. The van der Waals surface area contributed by atoms with Crippen molar-refractivity contribution in [3.8, 4) is 0 Å². The average Bonchev–Trinajstić information content (AvgIpc) is 2.90. The van der Waals surface area contributed by atoms with Crippen molar-refractivity contribution in [2.75, 3.05) is 0 Å². The van der Waals surface area contributed by atoms with Crippen LogP contribution in [0.1, 0.15) is 41.4 Å². The zero-order valence-electron chi connectivity index (χ0n) is 14.3. The number of rotatable bonds is 4. The highest BCUT2D eigenvalue weighted by atomic mass is 35.5. The minimum Gasteiger partial charge on any atom is -0.366 e. The number of aliphatic imine (C=N–C) groups is 1. The van der Waals surface area contributed by atoms with Crippen LogP contribution in [0.4, 0.5) is 0 Å². The van der Waals surface area contributed by atoms with Crippen LogP contribution in [0.2, 0.25) is 5.02 Å². The summed E-state index contributed by atoms with van der Waals surface area (Å²) in [6, 6.07) is 14.1. The fourth-order valence-corrected chi connectivity index (χ4v) is 4.18. The Kier molecular flexibility index (Phi) is 5.07. The van der Waals surface area contributed by atoms with Crippen molar-refractivity contribution in [1.82, 2.24) is 5.32 Å². The number of nitrogens with one attached hydrogen (secondary N) is 1. The molecule has 1 fully saturated rings. The van der Waals surface area contributed by atoms with E-state index in [0.717, 1.165) is 5.56 Å². The van der Waals surface area contributed by atoms with Crippen LogP contribution in [0.25, 0.3) is 0 Å². The molecule has 1 unspecified atom stereocenters. The lowest BCUT2D eigenvalue weighted by Gasteiger charge is -2.19. The van der Waals surface area contributed by atoms with Crippen molar-refractivity contribution in [3.63, 3.8) is 0 Å². The summed E-state index contributed by atoms with van der Waals surface area (Å²) in [5, 5.41) is 3.98. The van der Waals surface area contributed by atoms with E-state index in [-0.39, 0.29) is 11.9 Å². The van der Waals surface area contributed by atoms with E-state index in [0.29, 0.717) is 21.3 Å². The monoisotopic (exact) mass is 387 g/mol. The molecule has 3 N–H and O–H groups in total. The molecular weight excluding hydrogens is 370 g/mol. The molecule has 0 aliphatic carbocycles. The fraction of sp³-hybridized carbons (Fsp3) is 0.211. The van der Waals surface area contributed by atoms with Crippen molar-refractivity contribution in [3.05, 3.63) is 70.2 Å². The molecule has 0 spiro atoms. The Balaban J connectivity index is 1.89. The van der Waals surface area contributed by atoms with Crippen molar-refractivity contribution >= 4 is 40.3 Å². The number of benzene rings is 2. The largest absolute Gasteiger partial charge is 0.366 e. The molecule has 2 aromatic rings. The van der Waals surface area contributed by atoms with E-state index in [1.54, 1.807) is 31.2 Å². The van der Waals surface area contributed by atoms with Crippen LogP contribution in [0, 0.1) is 0 Å². The standard InChI is InChI=1S/C19H18ClN3O2S/c1-11(14-8-3-4-9-15(14)20)22-18-23-17(25)19(2,26-18)13-7-5-6-12(10-13)16(21)24/h3-11H,1-2H3,(H2,21,24)(H,22,23,25)/t11-,19?/m0/s1. The summed E-state index contributed by atoms with van der Waals surface area (Å²) in [7, 11) is 0. The molecular formula is C19H18ClN3O2S. The predicted molar refractivity (Wildman–Crippen MR) is 105 cm³/mol. The van der Waals surface area contributed by atoms with Gasteiger partial charge in [0.15, 0.2) is 5.17 Å². The van der Waals surface area contributed by atoms with Gasteiger partial charge in [-0.3, -0.25) is 14.6 Å². The third kappa shape index (κ3) is 3.48. The molecule has 1 aliphatic rings. The Hall–Kier alpha value is -2.31. The first-order chi connectivity index (χ1) is 12.3. The van der Waals surface area contributed by atoms with Crippen LogP contribution in [-0.2, 0) is 9.54 Å². The molecule has 1 heterocycles. The van der Waals surface area contributed by atoms with Gasteiger partial charge in [0.25, 0.3) is 0 Å². The minimum absolute atomic E-state index is 0.186. The quantitative estimate of drug-likeness (QED) is 0.839. The fourth-order valence-electron chi connectivity index (χ4n) is 2.76. The maximum atomic E-state index is 12.6. The van der Waals surface area contributed by atoms with E-state index in [1.165, 1.54) is 11.8 Å². The van der Waals surface area contributed by atoms with Gasteiger partial charge in [-0.05, 0) is 43.2 Å². The van der Waals surface area contributed by atoms with Crippen LogP contribution in [0.3, 0.4) is 0 Å². The number of nitrogens with two attached hydrogens (primary N) is 1. The van der Waals surface area contributed by atoms with Gasteiger partial charge in [0.2, 0.25) is 11.8 Å². The van der Waals surface area contributed by atoms with E-state index in [2.05, 4.69) is 10.3 Å². The molecule has 2 amide bonds. The van der Waals surface area contributed by atoms with Gasteiger partial charge in [-0.15, -0.1) is 0 Å². The molecule has 1 saturated heterocycles. The Morgan fingerprint density at radius 1 is 1.27 bits per heavy atom. The summed E-state index contributed by atoms with van der Waals surface area (Å²) in [6.45, 7) is 3.72. The summed E-state index contributed by atoms with van der Waals surface area (Å²) in [5.74, 6) is -0.714. The Morgan fingerprint density at radius 2 is 2.00 bits per heavy atom. The molecule has 7 heteroatoms. The summed E-state index contributed by atoms with van der Waals surface area (Å²) in [6.07, 6.45) is 0. The van der Waals surface area contributed by atoms with E-state index < -0.39 is 10.7 Å². The number of halogens is 1. The van der Waals surface area contributed by atoms with Gasteiger partial charge in [-0.2, -0.15) is 0 Å². The van der Waals surface area contributed by atoms with Gasteiger partial charge >= 0.3 is 0 Å². The third-order valence-corrected chi connectivity index (χ3v) is 5.89. The van der Waals surface area contributed by atoms with Crippen LogP contribution >= 0.6 is 23.4 Å². The van der Waals surface area contributed by atoms with Crippen molar-refractivity contribution in [1.29, 1.82) is 0 Å². The van der Waals surface area contributed by atoms with Gasteiger partial charge in [0, 0.05) is 10.6 Å². The lowest BCUT2D eigenvalue weighted by Crippen LogP contribution is -2.32. The Morgan fingerprint density at radius 3 is 2.69 bits per heavy atom. The van der Waals surface area contributed by atoms with Gasteiger partial charge in [-0.1, -0.05) is 53.7 Å². The zero-order chi connectivity index (χ0) is 18.9. The number of thioether (sulfide) groups is 1. The smallest absolute Gasteiger partial charge is 0.248 e. The number of nitrogens with zero attached hydrogens (tertiary/aromatic N) is 1. The highest BCUT2D eigenvalue weighted by Crippen LogP contribution is 2.42. The summed E-state index contributed by atoms with van der Waals surface area (Å²) >= 11 is 7.54. The van der Waals surface area contributed by atoms with E-state index in [4.69, 9.17) is 17.3 Å². The molecule has 2 atom stereocenters. The predicted octanol–water partition coefficient (Wildman–Crippen LogP) is 3.63. The topological polar surface area (TPSA) is 84.6 Å². The van der Waals surface area contributed by atoms with Gasteiger partial charge < -0.3 is 11.1 Å². The number of amides is 2. The maximum absolute atomic E-state index is 12.6. The molecule has 0 saturated carbocycles. The third-order valence-electron chi connectivity index (χ3n) is 4.32. The van der Waals surface area contributed by atoms with Crippen LogP contribution < -0.4 is 11.1 Å². The Bertz CT molecular complexity index is 915. The molecule has 134 valence electrons. The SMILES string of the molecule is C[C@H](N=C1NC(=O)C(C)(c2cccc(C(N)=O)c2)S1)c1ccccc1Cl. The van der Waals surface area contributed by atoms with Crippen LogP contribution in [0.15, 0.2) is 53.5 Å². The molecule has 5 nitrogen and oxygen atoms in total. The number of hydrogen-bond donors (Lipinski definition) is 2. The molecule has 0 bridgehead atoms. The van der Waals surface area contributed by atoms with Crippen molar-refractivity contribution in [2.24, 2.45) is 10.7 Å². The number of hydrogen-bond acceptors (Lipinski definition) is 4. The van der Waals surface area contributed by atoms with E-state index in [1.807, 2.05) is 31.2 Å². The first kappa shape index (κ1) is 18.5. The van der Waals surface area contributed by atoms with Crippen LogP contribution in [-0.4, -0.2) is 17.0 Å². The average molecular weight is 388 g/mol. The highest BCUT2D eigenvalue weighted by molar-refractivity contribution is 8.15. The zero-order valence-corrected chi connectivity index (χ0v) is 15.9. The summed E-state index contributed by atoms with van der Waals surface area (Å²) < 4.78 is -0.884. The lowest BCUT2D eigenvalue weighted by molar-refractivity contribution is -0.121. The Labute approximate surface area is 161 Å². The lowest BCUT2D eigenvalue weighted by atomic mass is 9.97. The van der Waals surface area contributed by atoms with E-state index >= 15 is 0 Å². The molecule has 0 radical (unpaired) electrons. The summed E-state index contributed by atoms with van der Waals surface area (Å²) in [4.78, 5) is 28.7. The van der Waals surface area contributed by atoms with Crippen molar-refractivity contribution in [2.45, 2.75) is 24.6 Å². The normalized spacial score (nSPS) is 22.3. The molecule has 3 rings (SSSR count). The second kappa shape index (κ2) is 7.13. The minimum atomic E-state index is -0.884. The van der Waals surface area contributed by atoms with Gasteiger partial charge in [0.05, 0.1) is 6.04 Å². The highest BCUT2D eigenvalue weighted by Gasteiger charge is 2.44. The number of amidine groups is 1. The molecule has 2 aromatic carbocycles. The van der Waals surface area contributed by atoms with Gasteiger partial charge in [0.1, 0.15) is 4.75 Å². The first-order valence-corrected chi connectivity index (χ1v) is 9.24. The maximum Gasteiger partial charge on any atom is 0.248 e. The van der Waals surface area contributed by atoms with Crippen molar-refractivity contribution < 1.29 is 9.59 Å². The molecule has 0 aromatic heterocycles. The molecule has 1 aliphatic heterocycles. The second-order valence-corrected chi connectivity index (χ2v) is 7.98.